The Balaban J connectivity index is 1.65. The molecule has 0 aromatic heterocycles. The molecule has 2 amide bonds. The molecule has 0 radical (unpaired) electrons. The molecular weight excluding hydrogens is 400 g/mol. The van der Waals surface area contributed by atoms with Crippen LogP contribution in [0.1, 0.15) is 37.8 Å². The molecule has 2 aromatic carbocycles. The number of aliphatic hydroxyl groups excluding tert-OH is 1. The molecule has 0 heterocycles. The maximum Gasteiger partial charge on any atom is 0.408 e. The number of carbonyl (C=O) groups excluding carboxylic acids is 2. The van der Waals surface area contributed by atoms with Crippen LogP contribution in [0.25, 0.3) is 11.1 Å². The first-order chi connectivity index (χ1) is 14.6. The van der Waals surface area contributed by atoms with E-state index < -0.39 is 35.7 Å². The Hall–Kier alpha value is -3.39. The largest absolute Gasteiger partial charge is 0.480 e. The van der Waals surface area contributed by atoms with Gasteiger partial charge in [0, 0.05) is 5.92 Å². The first-order valence-electron chi connectivity index (χ1n) is 9.97. The third kappa shape index (κ3) is 4.69. The highest BCUT2D eigenvalue weighted by atomic mass is 16.5. The fourth-order valence-corrected chi connectivity index (χ4v) is 3.66. The van der Waals surface area contributed by atoms with Gasteiger partial charge in [-0.25, -0.2) is 9.59 Å². The fraction of sp³-hybridized carbons (Fsp3) is 0.348. The molecule has 0 aliphatic heterocycles. The molecule has 0 saturated heterocycles. The van der Waals surface area contributed by atoms with E-state index in [0.29, 0.717) is 0 Å². The predicted molar refractivity (Wildman–Crippen MR) is 114 cm³/mol. The molecule has 2 atom stereocenters. The topological polar surface area (TPSA) is 125 Å². The van der Waals surface area contributed by atoms with Gasteiger partial charge in [-0.1, -0.05) is 48.5 Å². The van der Waals surface area contributed by atoms with E-state index in [2.05, 4.69) is 10.6 Å². The molecule has 4 N–H and O–H groups in total. The van der Waals surface area contributed by atoms with Crippen molar-refractivity contribution in [2.75, 3.05) is 6.61 Å². The van der Waals surface area contributed by atoms with Gasteiger partial charge in [-0.3, -0.25) is 4.79 Å². The van der Waals surface area contributed by atoms with E-state index in [9.17, 15) is 19.5 Å². The van der Waals surface area contributed by atoms with Crippen LogP contribution in [-0.2, 0) is 14.3 Å². The monoisotopic (exact) mass is 426 g/mol. The summed E-state index contributed by atoms with van der Waals surface area (Å²) in [7, 11) is 0. The van der Waals surface area contributed by atoms with Crippen LogP contribution in [0.15, 0.2) is 48.5 Å². The second-order valence-corrected chi connectivity index (χ2v) is 8.11. The van der Waals surface area contributed by atoms with Crippen LogP contribution in [0, 0.1) is 0 Å². The summed E-state index contributed by atoms with van der Waals surface area (Å²) in [5.41, 5.74) is 2.88. The van der Waals surface area contributed by atoms with Gasteiger partial charge in [0.15, 0.2) is 6.04 Å². The number of rotatable bonds is 7. The van der Waals surface area contributed by atoms with E-state index in [1.54, 1.807) is 0 Å². The maximum atomic E-state index is 12.5. The van der Waals surface area contributed by atoms with Crippen molar-refractivity contribution in [1.29, 1.82) is 0 Å². The Bertz CT molecular complexity index is 956. The number of amides is 2. The number of ether oxygens (including phenoxy) is 1. The van der Waals surface area contributed by atoms with Crippen molar-refractivity contribution in [3.05, 3.63) is 59.7 Å². The van der Waals surface area contributed by atoms with Crippen molar-refractivity contribution in [3.8, 4) is 11.1 Å². The van der Waals surface area contributed by atoms with Gasteiger partial charge in [0.05, 0.1) is 6.10 Å². The van der Waals surface area contributed by atoms with Crippen LogP contribution in [0.2, 0.25) is 0 Å². The second kappa shape index (κ2) is 8.77. The van der Waals surface area contributed by atoms with Gasteiger partial charge < -0.3 is 25.6 Å². The summed E-state index contributed by atoms with van der Waals surface area (Å²) in [4.78, 5) is 36.1. The van der Waals surface area contributed by atoms with Crippen LogP contribution >= 0.6 is 0 Å². The lowest BCUT2D eigenvalue weighted by atomic mass is 9.98. The standard InChI is InChI=1S/C23H26N2O6/c1-13(26)19(20(27)28)24-21(29)23(2,3)25-22(30)31-12-18-16-10-6-4-8-14(16)15-9-5-7-11-17(15)18/h4-11,13,18-19,26H,12H2,1-3H3,(H,24,29)(H,25,30)(H,27,28). The number of hydrogen-bond donors (Lipinski definition) is 4. The average Bonchev–Trinajstić information content (AvgIpc) is 3.03. The SMILES string of the molecule is CC(O)C(NC(=O)C(C)(C)NC(=O)OCC1c2ccccc2-c2ccccc21)C(=O)O. The third-order valence-corrected chi connectivity index (χ3v) is 5.36. The molecule has 0 fully saturated rings. The molecular formula is C23H26N2O6. The number of fused-ring (bicyclic) bond motifs is 3. The molecule has 3 rings (SSSR count). The van der Waals surface area contributed by atoms with Gasteiger partial charge in [0.25, 0.3) is 0 Å². The summed E-state index contributed by atoms with van der Waals surface area (Å²) in [5.74, 6) is -2.25. The smallest absolute Gasteiger partial charge is 0.408 e. The van der Waals surface area contributed by atoms with Crippen LogP contribution in [0.5, 0.6) is 0 Å². The zero-order chi connectivity index (χ0) is 22.8. The minimum atomic E-state index is -1.49. The highest BCUT2D eigenvalue weighted by molar-refractivity contribution is 5.92. The van der Waals surface area contributed by atoms with Crippen LogP contribution in [-0.4, -0.2) is 52.5 Å². The van der Waals surface area contributed by atoms with Gasteiger partial charge in [0.2, 0.25) is 5.91 Å². The zero-order valence-electron chi connectivity index (χ0n) is 17.6. The maximum absolute atomic E-state index is 12.5. The van der Waals surface area contributed by atoms with Gasteiger partial charge in [-0.2, -0.15) is 0 Å². The Morgan fingerprint density at radius 1 is 1.03 bits per heavy atom. The van der Waals surface area contributed by atoms with Crippen molar-refractivity contribution in [1.82, 2.24) is 10.6 Å². The Morgan fingerprint density at radius 3 is 2.03 bits per heavy atom. The lowest BCUT2D eigenvalue weighted by molar-refractivity contribution is -0.145. The minimum absolute atomic E-state index is 0.0863. The molecule has 164 valence electrons. The fourth-order valence-electron chi connectivity index (χ4n) is 3.66. The zero-order valence-corrected chi connectivity index (χ0v) is 17.6. The number of alkyl carbamates (subject to hydrolysis) is 1. The van der Waals surface area contributed by atoms with Crippen molar-refractivity contribution in [2.24, 2.45) is 0 Å². The number of carboxylic acid groups (broad SMARTS) is 1. The van der Waals surface area contributed by atoms with E-state index in [1.165, 1.54) is 20.8 Å². The van der Waals surface area contributed by atoms with E-state index in [4.69, 9.17) is 9.84 Å². The molecule has 0 saturated carbocycles. The quantitative estimate of drug-likeness (QED) is 0.538. The third-order valence-electron chi connectivity index (χ3n) is 5.36. The molecule has 2 aromatic rings. The average molecular weight is 426 g/mol. The van der Waals surface area contributed by atoms with Crippen molar-refractivity contribution in [2.45, 2.75) is 44.4 Å². The van der Waals surface area contributed by atoms with Crippen molar-refractivity contribution < 1.29 is 29.3 Å². The first kappa shape index (κ1) is 22.3. The van der Waals surface area contributed by atoms with Gasteiger partial charge in [-0.15, -0.1) is 0 Å². The first-order valence-corrected chi connectivity index (χ1v) is 9.97. The van der Waals surface area contributed by atoms with E-state index in [1.807, 2.05) is 48.5 Å². The molecule has 1 aliphatic carbocycles. The number of aliphatic carboxylic acids is 1. The number of carboxylic acids is 1. The van der Waals surface area contributed by atoms with Gasteiger partial charge in [-0.05, 0) is 43.0 Å². The van der Waals surface area contributed by atoms with Crippen LogP contribution in [0.3, 0.4) is 0 Å². The van der Waals surface area contributed by atoms with Gasteiger partial charge in [0.1, 0.15) is 12.1 Å². The lowest BCUT2D eigenvalue weighted by Gasteiger charge is -2.27. The Kier molecular flexibility index (Phi) is 6.31. The molecule has 31 heavy (non-hydrogen) atoms. The predicted octanol–water partition coefficient (Wildman–Crippen LogP) is 2.25. The molecule has 8 nitrogen and oxygen atoms in total. The highest BCUT2D eigenvalue weighted by Crippen LogP contribution is 2.44. The summed E-state index contributed by atoms with van der Waals surface area (Å²) in [6.07, 6.45) is -2.10. The van der Waals surface area contributed by atoms with E-state index in [0.717, 1.165) is 22.3 Å². The highest BCUT2D eigenvalue weighted by Gasteiger charge is 2.35. The van der Waals surface area contributed by atoms with E-state index >= 15 is 0 Å². The Morgan fingerprint density at radius 2 is 1.55 bits per heavy atom. The van der Waals surface area contributed by atoms with Crippen LogP contribution in [0.4, 0.5) is 4.79 Å². The minimum Gasteiger partial charge on any atom is -0.480 e. The summed E-state index contributed by atoms with van der Waals surface area (Å²) >= 11 is 0. The number of carbonyl (C=O) groups is 3. The number of benzene rings is 2. The molecule has 2 unspecified atom stereocenters. The summed E-state index contributed by atoms with van der Waals surface area (Å²) in [5, 5.41) is 23.3. The normalized spacial score (nSPS) is 14.7. The molecule has 0 spiro atoms. The van der Waals surface area contributed by atoms with Crippen molar-refractivity contribution >= 4 is 18.0 Å². The summed E-state index contributed by atoms with van der Waals surface area (Å²) < 4.78 is 5.43. The molecule has 1 aliphatic rings. The lowest BCUT2D eigenvalue weighted by Crippen LogP contribution is -2.59. The van der Waals surface area contributed by atoms with E-state index in [-0.39, 0.29) is 12.5 Å². The van der Waals surface area contributed by atoms with Gasteiger partial charge >= 0.3 is 12.1 Å². The van der Waals surface area contributed by atoms with Crippen molar-refractivity contribution in [3.63, 3.8) is 0 Å². The number of hydrogen-bond acceptors (Lipinski definition) is 5. The summed E-state index contributed by atoms with van der Waals surface area (Å²) in [6.45, 7) is 4.18. The number of aliphatic hydroxyl groups is 1. The Labute approximate surface area is 180 Å². The van der Waals surface area contributed by atoms with Crippen LogP contribution < -0.4 is 10.6 Å². The summed E-state index contributed by atoms with van der Waals surface area (Å²) in [6, 6.07) is 14.4. The molecule has 8 heteroatoms. The molecule has 0 bridgehead atoms. The number of nitrogens with one attached hydrogen (secondary N) is 2. The second-order valence-electron chi connectivity index (χ2n) is 8.11.